The summed E-state index contributed by atoms with van der Waals surface area (Å²) in [7, 11) is 0. The van der Waals surface area contributed by atoms with E-state index in [1.807, 2.05) is 18.2 Å². The maximum Gasteiger partial charge on any atom is 0.408 e. The molecule has 2 aromatic carbocycles. The van der Waals surface area contributed by atoms with Crippen LogP contribution in [0.4, 0.5) is 16.2 Å². The topological polar surface area (TPSA) is 141 Å². The molecule has 11 heteroatoms. The molecule has 0 bridgehead atoms. The summed E-state index contributed by atoms with van der Waals surface area (Å²) in [6, 6.07) is 13.0. The fourth-order valence-corrected chi connectivity index (χ4v) is 2.90. The molecule has 0 aliphatic carbocycles. The second-order valence-corrected chi connectivity index (χ2v) is 8.40. The first-order valence-corrected chi connectivity index (χ1v) is 10.4. The summed E-state index contributed by atoms with van der Waals surface area (Å²) in [6.07, 6.45) is -0.646. The number of nitrogens with one attached hydrogen (secondary N) is 3. The van der Waals surface area contributed by atoms with E-state index in [0.717, 1.165) is 0 Å². The number of fused-ring (bicyclic) bond motifs is 2. The second-order valence-electron chi connectivity index (χ2n) is 8.40. The zero-order chi connectivity index (χ0) is 24.0. The van der Waals surface area contributed by atoms with Crippen LogP contribution in [-0.2, 0) is 14.3 Å². The third-order valence-corrected chi connectivity index (χ3v) is 4.46. The van der Waals surface area contributed by atoms with E-state index in [9.17, 15) is 14.4 Å². The fourth-order valence-electron chi connectivity index (χ4n) is 2.90. The first-order chi connectivity index (χ1) is 15.6. The average Bonchev–Trinajstić information content (AvgIpc) is 2.99. The van der Waals surface area contributed by atoms with Crippen molar-refractivity contribution in [3.63, 3.8) is 0 Å². The maximum atomic E-state index is 12.0. The van der Waals surface area contributed by atoms with Gasteiger partial charge < -0.3 is 35.9 Å². The van der Waals surface area contributed by atoms with Crippen LogP contribution in [0, 0.1) is 0 Å². The van der Waals surface area contributed by atoms with Crippen molar-refractivity contribution in [2.24, 2.45) is 5.73 Å². The molecular formula is C23H29ClN4O6. The summed E-state index contributed by atoms with van der Waals surface area (Å²) in [5.74, 6) is 0.712. The molecule has 10 nitrogen and oxygen atoms in total. The molecule has 2 heterocycles. The molecule has 2 aliphatic rings. The normalized spacial score (nSPS) is 18.7. The summed E-state index contributed by atoms with van der Waals surface area (Å²) < 4.78 is 16.0. The molecule has 2 atom stereocenters. The molecule has 34 heavy (non-hydrogen) atoms. The highest BCUT2D eigenvalue weighted by atomic mass is 35.5. The van der Waals surface area contributed by atoms with Gasteiger partial charge in [-0.25, -0.2) is 4.79 Å². The molecule has 0 unspecified atom stereocenters. The lowest BCUT2D eigenvalue weighted by molar-refractivity contribution is -0.119. The molecular weight excluding hydrogens is 464 g/mol. The maximum absolute atomic E-state index is 12.0. The Kier molecular flexibility index (Phi) is 9.11. The fraction of sp³-hybridized carbons (Fsp3) is 0.348. The van der Waals surface area contributed by atoms with Crippen LogP contribution in [0.15, 0.2) is 48.5 Å². The predicted octanol–water partition coefficient (Wildman–Crippen LogP) is 2.68. The van der Waals surface area contributed by atoms with Crippen LogP contribution in [0.1, 0.15) is 20.8 Å². The van der Waals surface area contributed by atoms with Gasteiger partial charge in [-0.15, -0.1) is 12.4 Å². The van der Waals surface area contributed by atoms with Gasteiger partial charge in [-0.05, 0) is 45.0 Å². The molecule has 2 aromatic rings. The summed E-state index contributed by atoms with van der Waals surface area (Å²) in [5.41, 5.74) is 6.17. The number of ether oxygens (including phenoxy) is 3. The summed E-state index contributed by atoms with van der Waals surface area (Å²) in [4.78, 5) is 35.0. The van der Waals surface area contributed by atoms with Gasteiger partial charge in [0.05, 0.1) is 11.4 Å². The molecule has 0 radical (unpaired) electrons. The quantitative estimate of drug-likeness (QED) is 0.479. The number of rotatable bonds is 1. The number of hydrogen-bond acceptors (Lipinski definition) is 7. The Morgan fingerprint density at radius 1 is 0.941 bits per heavy atom. The van der Waals surface area contributed by atoms with Crippen LogP contribution in [-0.4, -0.2) is 48.8 Å². The van der Waals surface area contributed by atoms with Crippen LogP contribution < -0.4 is 31.2 Å². The molecule has 0 saturated carbocycles. The third kappa shape index (κ3) is 7.53. The van der Waals surface area contributed by atoms with E-state index in [1.54, 1.807) is 51.1 Å². The monoisotopic (exact) mass is 492 g/mol. The summed E-state index contributed by atoms with van der Waals surface area (Å²) >= 11 is 0. The van der Waals surface area contributed by atoms with E-state index in [2.05, 4.69) is 16.0 Å². The highest BCUT2D eigenvalue weighted by Crippen LogP contribution is 2.26. The number of hydrogen-bond donors (Lipinski definition) is 4. The van der Waals surface area contributed by atoms with Crippen molar-refractivity contribution >= 4 is 41.7 Å². The number of anilines is 2. The first-order valence-electron chi connectivity index (χ1n) is 10.4. The first kappa shape index (κ1) is 26.7. The lowest BCUT2D eigenvalue weighted by Crippen LogP contribution is -2.48. The van der Waals surface area contributed by atoms with Crippen molar-refractivity contribution in [3.05, 3.63) is 48.5 Å². The van der Waals surface area contributed by atoms with E-state index < -0.39 is 23.8 Å². The second kappa shape index (κ2) is 11.6. The number of halogens is 1. The van der Waals surface area contributed by atoms with Crippen molar-refractivity contribution in [2.75, 3.05) is 23.8 Å². The highest BCUT2D eigenvalue weighted by Gasteiger charge is 2.28. The number of carbonyl (C=O) groups excluding carboxylic acids is 3. The van der Waals surface area contributed by atoms with Crippen molar-refractivity contribution in [1.29, 1.82) is 0 Å². The predicted molar refractivity (Wildman–Crippen MR) is 130 cm³/mol. The molecule has 4 rings (SSSR count). The van der Waals surface area contributed by atoms with E-state index in [0.29, 0.717) is 22.9 Å². The molecule has 0 fully saturated rings. The smallest absolute Gasteiger partial charge is 0.408 e. The van der Waals surface area contributed by atoms with E-state index >= 15 is 0 Å². The number of carbonyl (C=O) groups is 3. The minimum Gasteiger partial charge on any atom is -0.489 e. The summed E-state index contributed by atoms with van der Waals surface area (Å²) in [6.45, 7) is 5.55. The van der Waals surface area contributed by atoms with Gasteiger partial charge in [-0.1, -0.05) is 24.3 Å². The molecule has 0 spiro atoms. The van der Waals surface area contributed by atoms with Crippen LogP contribution in [0.2, 0.25) is 0 Å². The lowest BCUT2D eigenvalue weighted by atomic mass is 10.2. The van der Waals surface area contributed by atoms with Gasteiger partial charge in [0.2, 0.25) is 5.91 Å². The van der Waals surface area contributed by atoms with Crippen LogP contribution in [0.5, 0.6) is 11.5 Å². The zero-order valence-electron chi connectivity index (χ0n) is 19.1. The molecule has 184 valence electrons. The number of alkyl carbamates (subject to hydrolysis) is 1. The Labute approximate surface area is 203 Å². The standard InChI is InChI=1S/C14H18N2O4.C9H10N2O2.ClH/c1-14(2,3)20-13(18)16-10-8-19-11-7-5-4-6-9(11)15-12(10)17;10-6-5-13-8-4-2-1-3-7(8)11-9(6)12;/h4-7,10H,8H2,1-3H3,(H,15,17)(H,16,18);1-4,6H,5,10H2,(H,11,12);1H/t10-;6-;/m00./s1. The Morgan fingerprint density at radius 2 is 1.44 bits per heavy atom. The zero-order valence-corrected chi connectivity index (χ0v) is 19.9. The van der Waals surface area contributed by atoms with Gasteiger partial charge in [-0.3, -0.25) is 9.59 Å². The van der Waals surface area contributed by atoms with Gasteiger partial charge in [-0.2, -0.15) is 0 Å². The Balaban J connectivity index is 0.000000253. The van der Waals surface area contributed by atoms with Crippen LogP contribution in [0.25, 0.3) is 0 Å². The molecule has 2 aliphatic heterocycles. The summed E-state index contributed by atoms with van der Waals surface area (Å²) in [5, 5.41) is 7.89. The Bertz CT molecular complexity index is 1030. The van der Waals surface area contributed by atoms with E-state index in [-0.39, 0.29) is 37.4 Å². The Hall–Kier alpha value is -3.50. The minimum absolute atomic E-state index is 0. The van der Waals surface area contributed by atoms with Crippen molar-refractivity contribution in [1.82, 2.24) is 5.32 Å². The SMILES string of the molecule is CC(C)(C)OC(=O)N[C@H]1COc2ccccc2NC1=O.Cl.N[C@H]1COc2ccccc2NC1=O. The van der Waals surface area contributed by atoms with Gasteiger partial charge in [0.1, 0.15) is 42.4 Å². The lowest BCUT2D eigenvalue weighted by Gasteiger charge is -2.22. The highest BCUT2D eigenvalue weighted by molar-refractivity contribution is 5.98. The molecule has 0 aromatic heterocycles. The van der Waals surface area contributed by atoms with Crippen LogP contribution in [0.3, 0.4) is 0 Å². The Morgan fingerprint density at radius 3 is 2.00 bits per heavy atom. The van der Waals surface area contributed by atoms with E-state index in [1.165, 1.54) is 0 Å². The average molecular weight is 493 g/mol. The van der Waals surface area contributed by atoms with Gasteiger partial charge in [0.25, 0.3) is 5.91 Å². The van der Waals surface area contributed by atoms with Gasteiger partial charge >= 0.3 is 6.09 Å². The largest absolute Gasteiger partial charge is 0.489 e. The molecule has 5 N–H and O–H groups in total. The molecule has 0 saturated heterocycles. The number of nitrogens with two attached hydrogens (primary N) is 1. The number of para-hydroxylation sites is 4. The van der Waals surface area contributed by atoms with Crippen molar-refractivity contribution < 1.29 is 28.6 Å². The molecule has 3 amide bonds. The van der Waals surface area contributed by atoms with Gasteiger partial charge in [0, 0.05) is 0 Å². The van der Waals surface area contributed by atoms with Gasteiger partial charge in [0.15, 0.2) is 0 Å². The minimum atomic E-state index is -0.794. The van der Waals surface area contributed by atoms with Crippen molar-refractivity contribution in [2.45, 2.75) is 38.5 Å². The third-order valence-electron chi connectivity index (χ3n) is 4.46. The number of amides is 3. The number of benzene rings is 2. The van der Waals surface area contributed by atoms with E-state index in [4.69, 9.17) is 19.9 Å². The van der Waals surface area contributed by atoms with Crippen LogP contribution >= 0.6 is 12.4 Å². The van der Waals surface area contributed by atoms with Crippen molar-refractivity contribution in [3.8, 4) is 11.5 Å².